The molecule has 0 saturated heterocycles. The fourth-order valence-electron chi connectivity index (χ4n) is 2.58. The van der Waals surface area contributed by atoms with E-state index in [1.807, 2.05) is 32.9 Å². The lowest BCUT2D eigenvalue weighted by Crippen LogP contribution is -2.27. The second-order valence-electron chi connectivity index (χ2n) is 6.39. The number of benzene rings is 2. The average Bonchev–Trinajstić information content (AvgIpc) is 2.50. The number of anilines is 1. The van der Waals surface area contributed by atoms with Gasteiger partial charge in [-0.05, 0) is 62.1 Å². The third kappa shape index (κ3) is 4.82. The van der Waals surface area contributed by atoms with Gasteiger partial charge in [-0.15, -0.1) is 0 Å². The molecule has 0 heterocycles. The molecular formula is C19H24N2O3S. The molecular weight excluding hydrogens is 336 g/mol. The molecule has 0 radical (unpaired) electrons. The van der Waals surface area contributed by atoms with Gasteiger partial charge < -0.3 is 5.32 Å². The van der Waals surface area contributed by atoms with Crippen molar-refractivity contribution in [2.75, 3.05) is 11.0 Å². The van der Waals surface area contributed by atoms with Gasteiger partial charge in [-0.25, -0.2) is 8.42 Å². The van der Waals surface area contributed by atoms with Crippen molar-refractivity contribution in [3.63, 3.8) is 0 Å². The SMILES string of the molecule is Cc1ccc(C(C)NC(=O)c2cccc(NS(C)(=O)=O)c2C)cc1C. The van der Waals surface area contributed by atoms with Crippen molar-refractivity contribution in [3.05, 3.63) is 64.2 Å². The summed E-state index contributed by atoms with van der Waals surface area (Å²) in [6.45, 7) is 7.74. The predicted molar refractivity (Wildman–Crippen MR) is 101 cm³/mol. The van der Waals surface area contributed by atoms with Gasteiger partial charge in [0, 0.05) is 5.56 Å². The Labute approximate surface area is 149 Å². The average molecular weight is 360 g/mol. The fourth-order valence-corrected chi connectivity index (χ4v) is 3.20. The van der Waals surface area contributed by atoms with E-state index in [2.05, 4.69) is 16.1 Å². The summed E-state index contributed by atoms with van der Waals surface area (Å²) in [6.07, 6.45) is 1.08. The summed E-state index contributed by atoms with van der Waals surface area (Å²) >= 11 is 0. The first-order valence-corrected chi connectivity index (χ1v) is 9.93. The topological polar surface area (TPSA) is 75.3 Å². The third-order valence-corrected chi connectivity index (χ3v) is 4.84. The molecule has 0 spiro atoms. The van der Waals surface area contributed by atoms with Crippen LogP contribution in [0, 0.1) is 20.8 Å². The third-order valence-electron chi connectivity index (χ3n) is 4.25. The van der Waals surface area contributed by atoms with Crippen LogP contribution in [-0.2, 0) is 10.0 Å². The lowest BCUT2D eigenvalue weighted by Gasteiger charge is -2.17. The van der Waals surface area contributed by atoms with Crippen LogP contribution in [0.3, 0.4) is 0 Å². The zero-order valence-electron chi connectivity index (χ0n) is 15.2. The monoisotopic (exact) mass is 360 g/mol. The number of nitrogens with one attached hydrogen (secondary N) is 2. The van der Waals surface area contributed by atoms with E-state index < -0.39 is 10.0 Å². The summed E-state index contributed by atoms with van der Waals surface area (Å²) in [4.78, 5) is 12.6. The van der Waals surface area contributed by atoms with Crippen LogP contribution in [0.4, 0.5) is 5.69 Å². The van der Waals surface area contributed by atoms with Crippen LogP contribution >= 0.6 is 0 Å². The Morgan fingerprint density at radius 1 is 1.04 bits per heavy atom. The van der Waals surface area contributed by atoms with E-state index in [1.54, 1.807) is 25.1 Å². The molecule has 0 aliphatic heterocycles. The van der Waals surface area contributed by atoms with E-state index in [1.165, 1.54) is 11.1 Å². The number of rotatable bonds is 5. The molecule has 0 aliphatic rings. The molecule has 0 bridgehead atoms. The molecule has 2 N–H and O–H groups in total. The number of hydrogen-bond donors (Lipinski definition) is 2. The van der Waals surface area contributed by atoms with E-state index in [4.69, 9.17) is 0 Å². The summed E-state index contributed by atoms with van der Waals surface area (Å²) in [5, 5.41) is 2.97. The van der Waals surface area contributed by atoms with Crippen LogP contribution in [0.5, 0.6) is 0 Å². The molecule has 0 aliphatic carbocycles. The normalized spacial score (nSPS) is 12.5. The molecule has 1 atom stereocenters. The maximum absolute atomic E-state index is 12.6. The van der Waals surface area contributed by atoms with Crippen LogP contribution < -0.4 is 10.0 Å². The van der Waals surface area contributed by atoms with Gasteiger partial charge in [-0.1, -0.05) is 24.3 Å². The Balaban J connectivity index is 2.23. The molecule has 25 heavy (non-hydrogen) atoms. The van der Waals surface area contributed by atoms with Crippen molar-refractivity contribution in [2.45, 2.75) is 33.7 Å². The smallest absolute Gasteiger partial charge is 0.252 e. The predicted octanol–water partition coefficient (Wildman–Crippen LogP) is 3.47. The lowest BCUT2D eigenvalue weighted by molar-refractivity contribution is 0.0939. The van der Waals surface area contributed by atoms with Gasteiger partial charge in [-0.3, -0.25) is 9.52 Å². The number of carbonyl (C=O) groups excluding carboxylic acids is 1. The molecule has 0 saturated carbocycles. The summed E-state index contributed by atoms with van der Waals surface area (Å²) < 4.78 is 25.3. The van der Waals surface area contributed by atoms with Crippen molar-refractivity contribution in [1.82, 2.24) is 5.32 Å². The minimum Gasteiger partial charge on any atom is -0.346 e. The molecule has 0 fully saturated rings. The van der Waals surface area contributed by atoms with E-state index in [-0.39, 0.29) is 11.9 Å². The van der Waals surface area contributed by atoms with Crippen LogP contribution in [-0.4, -0.2) is 20.6 Å². The van der Waals surface area contributed by atoms with Crippen LogP contribution in [0.1, 0.15) is 45.6 Å². The lowest BCUT2D eigenvalue weighted by atomic mass is 10.0. The van der Waals surface area contributed by atoms with Crippen LogP contribution in [0.2, 0.25) is 0 Å². The first-order chi connectivity index (χ1) is 11.6. The van der Waals surface area contributed by atoms with Crippen molar-refractivity contribution in [3.8, 4) is 0 Å². The highest BCUT2D eigenvalue weighted by atomic mass is 32.2. The molecule has 2 aromatic rings. The summed E-state index contributed by atoms with van der Waals surface area (Å²) in [5.74, 6) is -0.236. The Morgan fingerprint density at radius 2 is 1.72 bits per heavy atom. The highest BCUT2D eigenvalue weighted by Crippen LogP contribution is 2.22. The molecule has 1 unspecified atom stereocenters. The Hall–Kier alpha value is -2.34. The van der Waals surface area contributed by atoms with Gasteiger partial charge in [0.05, 0.1) is 18.0 Å². The molecule has 6 heteroatoms. The fraction of sp³-hybridized carbons (Fsp3) is 0.316. The molecule has 0 aromatic heterocycles. The Bertz CT molecular complexity index is 905. The van der Waals surface area contributed by atoms with Gasteiger partial charge in [0.2, 0.25) is 10.0 Å². The number of amides is 1. The summed E-state index contributed by atoms with van der Waals surface area (Å²) in [6, 6.07) is 10.9. The molecule has 5 nitrogen and oxygen atoms in total. The Morgan fingerprint density at radius 3 is 2.32 bits per heavy atom. The molecule has 1 amide bonds. The quantitative estimate of drug-likeness (QED) is 0.857. The molecule has 2 rings (SSSR count). The van der Waals surface area contributed by atoms with Crippen molar-refractivity contribution < 1.29 is 13.2 Å². The maximum Gasteiger partial charge on any atom is 0.252 e. The van der Waals surface area contributed by atoms with Crippen molar-refractivity contribution in [1.29, 1.82) is 0 Å². The second kappa shape index (κ2) is 7.27. The van der Waals surface area contributed by atoms with Crippen LogP contribution in [0.15, 0.2) is 36.4 Å². The van der Waals surface area contributed by atoms with E-state index >= 15 is 0 Å². The largest absolute Gasteiger partial charge is 0.346 e. The summed E-state index contributed by atoms with van der Waals surface area (Å²) in [7, 11) is -3.40. The van der Waals surface area contributed by atoms with E-state index in [0.29, 0.717) is 16.8 Å². The highest BCUT2D eigenvalue weighted by molar-refractivity contribution is 7.92. The van der Waals surface area contributed by atoms with Crippen molar-refractivity contribution in [2.24, 2.45) is 0 Å². The van der Waals surface area contributed by atoms with Crippen LogP contribution in [0.25, 0.3) is 0 Å². The number of aryl methyl sites for hydroxylation is 2. The zero-order valence-corrected chi connectivity index (χ0v) is 16.0. The minimum absolute atomic E-state index is 0.155. The van der Waals surface area contributed by atoms with Gasteiger partial charge in [0.25, 0.3) is 5.91 Å². The minimum atomic E-state index is -3.40. The van der Waals surface area contributed by atoms with Gasteiger partial charge >= 0.3 is 0 Å². The standard InChI is InChI=1S/C19H24N2O3S/c1-12-9-10-16(11-13(12)2)15(4)20-19(22)17-7-6-8-18(14(17)3)21-25(5,23)24/h6-11,15,21H,1-5H3,(H,20,22). The first kappa shape index (κ1) is 19.0. The van der Waals surface area contributed by atoms with Gasteiger partial charge in [0.15, 0.2) is 0 Å². The summed E-state index contributed by atoms with van der Waals surface area (Å²) in [5.41, 5.74) is 4.86. The van der Waals surface area contributed by atoms with Gasteiger partial charge in [-0.2, -0.15) is 0 Å². The first-order valence-electron chi connectivity index (χ1n) is 8.04. The molecule has 2 aromatic carbocycles. The highest BCUT2D eigenvalue weighted by Gasteiger charge is 2.16. The second-order valence-corrected chi connectivity index (χ2v) is 8.14. The Kier molecular flexibility index (Phi) is 5.52. The van der Waals surface area contributed by atoms with E-state index in [9.17, 15) is 13.2 Å². The zero-order chi connectivity index (χ0) is 18.8. The van der Waals surface area contributed by atoms with Crippen molar-refractivity contribution >= 4 is 21.6 Å². The number of carbonyl (C=O) groups is 1. The number of sulfonamides is 1. The van der Waals surface area contributed by atoms with E-state index in [0.717, 1.165) is 11.8 Å². The molecule has 134 valence electrons. The number of hydrogen-bond acceptors (Lipinski definition) is 3. The maximum atomic E-state index is 12.6. The van der Waals surface area contributed by atoms with Gasteiger partial charge in [0.1, 0.15) is 0 Å².